The van der Waals surface area contributed by atoms with E-state index in [9.17, 15) is 15.0 Å². The summed E-state index contributed by atoms with van der Waals surface area (Å²) in [7, 11) is 0. The minimum atomic E-state index is -0.962. The first-order chi connectivity index (χ1) is 19.0. The van der Waals surface area contributed by atoms with Gasteiger partial charge in [0, 0.05) is 18.0 Å². The maximum Gasteiger partial charge on any atom is 0.317 e. The lowest BCUT2D eigenvalue weighted by Gasteiger charge is -2.56. The molecule has 3 fully saturated rings. The van der Waals surface area contributed by atoms with Crippen molar-refractivity contribution in [2.75, 3.05) is 6.54 Å². The number of aliphatic hydroxyl groups is 2. The number of fused-ring (bicyclic) bond motifs is 6. The minimum absolute atomic E-state index is 0.0163. The molecule has 4 aliphatic carbocycles. The third-order valence-corrected chi connectivity index (χ3v) is 11.3. The Balaban J connectivity index is 1.30. The highest BCUT2D eigenvalue weighted by molar-refractivity contribution is 5.86. The van der Waals surface area contributed by atoms with Crippen LogP contribution in [-0.2, 0) is 6.54 Å². The smallest absolute Gasteiger partial charge is 0.317 e. The van der Waals surface area contributed by atoms with Crippen molar-refractivity contribution in [2.45, 2.75) is 96.9 Å². The molecule has 4 aliphatic rings. The zero-order chi connectivity index (χ0) is 28.3. The first-order valence-electron chi connectivity index (χ1n) is 15.4. The first-order valence-corrected chi connectivity index (χ1v) is 15.4. The quantitative estimate of drug-likeness (QED) is 0.392. The number of carbonyl (C=O) groups excluding carboxylic acids is 1. The topological polar surface area (TPSA) is 72.8 Å². The molecule has 0 aromatic heterocycles. The Bertz CT molecular complexity index is 1360. The number of allylic oxidation sites excluding steroid dienone is 3. The van der Waals surface area contributed by atoms with E-state index in [1.807, 2.05) is 30.9 Å². The van der Waals surface area contributed by atoms with Gasteiger partial charge in [-0.25, -0.2) is 4.79 Å². The second-order valence-corrected chi connectivity index (χ2v) is 13.9. The summed E-state index contributed by atoms with van der Waals surface area (Å²) in [5.74, 6) is 0.793. The van der Waals surface area contributed by atoms with Gasteiger partial charge in [-0.3, -0.25) is 0 Å². The molecule has 0 aliphatic heterocycles. The Hall–Kier alpha value is -2.63. The van der Waals surface area contributed by atoms with Gasteiger partial charge < -0.3 is 20.4 Å². The van der Waals surface area contributed by atoms with Crippen LogP contribution in [0.2, 0.25) is 0 Å². The summed E-state index contributed by atoms with van der Waals surface area (Å²) >= 11 is 0. The number of aliphatic hydroxyl groups excluding tert-OH is 1. The fraction of sp³-hybridized carbons (Fsp3) is 0.571. The normalized spacial score (nSPS) is 34.9. The van der Waals surface area contributed by atoms with Gasteiger partial charge in [-0.15, -0.1) is 0 Å². The molecule has 2 aromatic rings. The number of benzene rings is 2. The van der Waals surface area contributed by atoms with E-state index < -0.39 is 5.60 Å². The maximum atomic E-state index is 13.6. The van der Waals surface area contributed by atoms with Crippen molar-refractivity contribution in [3.8, 4) is 0 Å². The lowest BCUT2D eigenvalue weighted by atomic mass is 9.50. The average molecular weight is 543 g/mol. The van der Waals surface area contributed by atoms with Crippen molar-refractivity contribution in [3.63, 3.8) is 0 Å². The van der Waals surface area contributed by atoms with Gasteiger partial charge in [-0.2, -0.15) is 0 Å². The van der Waals surface area contributed by atoms with Gasteiger partial charge in [0.2, 0.25) is 0 Å². The first kappa shape index (κ1) is 27.5. The molecule has 0 saturated heterocycles. The summed E-state index contributed by atoms with van der Waals surface area (Å²) in [6.45, 7) is 9.45. The van der Waals surface area contributed by atoms with E-state index in [2.05, 4.69) is 61.6 Å². The Morgan fingerprint density at radius 1 is 1.00 bits per heavy atom. The average Bonchev–Trinajstić information content (AvgIpc) is 3.18. The Labute approximate surface area is 239 Å². The second-order valence-electron chi connectivity index (χ2n) is 13.9. The SMILES string of the molecule is CC(C)NC(=O)N(Cc1cccc2ccccc12)C[C@]1(O)CC[C@H]2C3=CC=C4C[C@@H](O)CC[C@]4(C)[C@H]3CC[C@@]21C. The van der Waals surface area contributed by atoms with Crippen molar-refractivity contribution in [2.24, 2.45) is 22.7 Å². The van der Waals surface area contributed by atoms with Gasteiger partial charge in [-0.05, 0) is 92.4 Å². The standard InChI is InChI=1S/C35H46N2O3/c1-23(2)36-32(39)37(21-25-10-7-9-24-8-5-6-11-28(24)25)22-35(40)19-16-31-29-13-12-26-20-27(38)14-17-33(26,3)30(29)15-18-34(31,35)4/h5-13,23,27,30-31,38,40H,14-22H2,1-4H3,(H,36,39)/t27-,30-,31-,33-,34-,35+/m0/s1. The monoisotopic (exact) mass is 542 g/mol. The van der Waals surface area contributed by atoms with Crippen LogP contribution in [0, 0.1) is 22.7 Å². The molecule has 6 atom stereocenters. The third-order valence-electron chi connectivity index (χ3n) is 11.3. The molecular weight excluding hydrogens is 496 g/mol. The van der Waals surface area contributed by atoms with E-state index in [0.29, 0.717) is 31.3 Å². The van der Waals surface area contributed by atoms with E-state index in [1.54, 1.807) is 0 Å². The predicted molar refractivity (Wildman–Crippen MR) is 161 cm³/mol. The number of urea groups is 1. The van der Waals surface area contributed by atoms with Crippen LogP contribution in [0.25, 0.3) is 10.8 Å². The number of nitrogens with one attached hydrogen (secondary N) is 1. The van der Waals surface area contributed by atoms with Crippen LogP contribution in [0.1, 0.15) is 78.2 Å². The largest absolute Gasteiger partial charge is 0.393 e. The molecule has 214 valence electrons. The van der Waals surface area contributed by atoms with Gasteiger partial charge in [-0.1, -0.05) is 79.6 Å². The van der Waals surface area contributed by atoms with E-state index in [1.165, 1.54) is 11.1 Å². The van der Waals surface area contributed by atoms with Gasteiger partial charge in [0.1, 0.15) is 0 Å². The summed E-state index contributed by atoms with van der Waals surface area (Å²) in [5.41, 5.74) is 2.87. The predicted octanol–water partition coefficient (Wildman–Crippen LogP) is 6.73. The van der Waals surface area contributed by atoms with Crippen molar-refractivity contribution >= 4 is 16.8 Å². The van der Waals surface area contributed by atoms with Crippen molar-refractivity contribution in [1.82, 2.24) is 10.2 Å². The molecule has 3 saturated carbocycles. The molecule has 6 rings (SSSR count). The molecule has 0 bridgehead atoms. The summed E-state index contributed by atoms with van der Waals surface area (Å²) in [6, 6.07) is 14.5. The number of amides is 2. The Morgan fingerprint density at radius 2 is 1.75 bits per heavy atom. The number of hydrogen-bond acceptors (Lipinski definition) is 3. The third kappa shape index (κ3) is 4.41. The number of rotatable bonds is 5. The lowest BCUT2D eigenvalue weighted by Crippen LogP contribution is -2.57. The van der Waals surface area contributed by atoms with Gasteiger partial charge in [0.25, 0.3) is 0 Å². The van der Waals surface area contributed by atoms with Crippen molar-refractivity contribution < 1.29 is 15.0 Å². The summed E-state index contributed by atoms with van der Waals surface area (Å²) in [4.78, 5) is 15.5. The fourth-order valence-electron chi connectivity index (χ4n) is 8.84. The number of carbonyl (C=O) groups is 1. The molecule has 2 aromatic carbocycles. The van der Waals surface area contributed by atoms with Crippen LogP contribution < -0.4 is 5.32 Å². The van der Waals surface area contributed by atoms with Gasteiger partial charge >= 0.3 is 6.03 Å². The van der Waals surface area contributed by atoms with Crippen molar-refractivity contribution in [3.05, 3.63) is 71.3 Å². The van der Waals surface area contributed by atoms with Crippen LogP contribution in [-0.4, -0.2) is 45.4 Å². The summed E-state index contributed by atoms with van der Waals surface area (Å²) in [5, 5.41) is 28.3. The summed E-state index contributed by atoms with van der Waals surface area (Å²) < 4.78 is 0. The molecule has 0 spiro atoms. The lowest BCUT2D eigenvalue weighted by molar-refractivity contribution is -0.0972. The molecule has 5 nitrogen and oxygen atoms in total. The second kappa shape index (κ2) is 10.0. The van der Waals surface area contributed by atoms with E-state index in [4.69, 9.17) is 0 Å². The number of nitrogens with zero attached hydrogens (tertiary/aromatic N) is 1. The van der Waals surface area contributed by atoms with Crippen LogP contribution >= 0.6 is 0 Å². The zero-order valence-electron chi connectivity index (χ0n) is 24.6. The van der Waals surface area contributed by atoms with Gasteiger partial charge in [0.05, 0.1) is 18.2 Å². The maximum absolute atomic E-state index is 13.6. The highest BCUT2D eigenvalue weighted by atomic mass is 16.3. The molecule has 2 amide bonds. The Morgan fingerprint density at radius 3 is 2.55 bits per heavy atom. The highest BCUT2D eigenvalue weighted by Gasteiger charge is 2.62. The molecule has 40 heavy (non-hydrogen) atoms. The highest BCUT2D eigenvalue weighted by Crippen LogP contribution is 2.66. The Kier molecular flexibility index (Phi) is 6.90. The number of hydrogen-bond donors (Lipinski definition) is 3. The van der Waals surface area contributed by atoms with E-state index in [0.717, 1.165) is 54.9 Å². The van der Waals surface area contributed by atoms with Crippen LogP contribution in [0.15, 0.2) is 65.8 Å². The van der Waals surface area contributed by atoms with Crippen LogP contribution in [0.4, 0.5) is 4.79 Å². The minimum Gasteiger partial charge on any atom is -0.393 e. The van der Waals surface area contributed by atoms with Gasteiger partial charge in [0.15, 0.2) is 0 Å². The summed E-state index contributed by atoms with van der Waals surface area (Å²) in [6.07, 6.45) is 10.8. The molecule has 0 radical (unpaired) electrons. The van der Waals surface area contributed by atoms with Crippen molar-refractivity contribution in [1.29, 1.82) is 0 Å². The van der Waals surface area contributed by atoms with Crippen LogP contribution in [0.3, 0.4) is 0 Å². The molecule has 5 heteroatoms. The van der Waals surface area contributed by atoms with E-state index >= 15 is 0 Å². The molecule has 3 N–H and O–H groups in total. The van der Waals surface area contributed by atoms with E-state index in [-0.39, 0.29) is 29.0 Å². The fourth-order valence-corrected chi connectivity index (χ4v) is 8.84. The van der Waals surface area contributed by atoms with Crippen LogP contribution in [0.5, 0.6) is 0 Å². The molecule has 0 unspecified atom stereocenters. The zero-order valence-corrected chi connectivity index (χ0v) is 24.6. The molecule has 0 heterocycles. The molecular formula is C35H46N2O3.